The first-order valence-corrected chi connectivity index (χ1v) is 9.32. The molecule has 1 amide bonds. The number of hydrogen-bond acceptors (Lipinski definition) is 4. The summed E-state index contributed by atoms with van der Waals surface area (Å²) in [6.07, 6.45) is 3.36. The van der Waals surface area contributed by atoms with Gasteiger partial charge in [0.2, 0.25) is 0 Å². The van der Waals surface area contributed by atoms with Crippen molar-refractivity contribution in [2.24, 2.45) is 16.0 Å². The van der Waals surface area contributed by atoms with Crippen LogP contribution >= 0.6 is 0 Å². The quantitative estimate of drug-likeness (QED) is 0.593. The molecule has 1 aromatic carbocycles. The predicted molar refractivity (Wildman–Crippen MR) is 102 cm³/mol. The summed E-state index contributed by atoms with van der Waals surface area (Å²) in [6.45, 7) is 9.64. The predicted octanol–water partition coefficient (Wildman–Crippen LogP) is 3.86. The molecule has 1 aliphatic heterocycles. The molecule has 142 valence electrons. The van der Waals surface area contributed by atoms with Gasteiger partial charge in [0.1, 0.15) is 5.75 Å². The lowest BCUT2D eigenvalue weighted by atomic mass is 9.65. The van der Waals surface area contributed by atoms with Gasteiger partial charge in [0, 0.05) is 12.6 Å². The number of methoxy groups -OCH3 is 1. The molecule has 5 heteroatoms. The fourth-order valence-corrected chi connectivity index (χ4v) is 4.90. The summed E-state index contributed by atoms with van der Waals surface area (Å²) in [7, 11) is 1.64. The van der Waals surface area contributed by atoms with Gasteiger partial charge in [0.25, 0.3) is 5.91 Å². The van der Waals surface area contributed by atoms with E-state index in [1.165, 1.54) is 6.42 Å². The second-order valence-electron chi connectivity index (χ2n) is 8.91. The van der Waals surface area contributed by atoms with Gasteiger partial charge in [-0.2, -0.15) is 0 Å². The summed E-state index contributed by atoms with van der Waals surface area (Å²) in [5.41, 5.74) is 2.24. The van der Waals surface area contributed by atoms with Gasteiger partial charge in [-0.15, -0.1) is 0 Å². The maximum Gasteiger partial charge on any atom is 0.263 e. The topological polar surface area (TPSA) is 51.1 Å². The number of likely N-dealkylation sites (tertiary alicyclic amines) is 1. The normalized spacial score (nSPS) is 27.3. The number of carbonyl (C=O) groups excluding carboxylic acids is 1. The minimum atomic E-state index is 0.000499. The molecule has 0 radical (unpaired) electrons. The van der Waals surface area contributed by atoms with E-state index in [0.29, 0.717) is 11.5 Å². The number of ether oxygens (including phenoxy) is 1. The lowest BCUT2D eigenvalue weighted by Crippen LogP contribution is -2.39. The number of carbonyl (C=O) groups is 1. The average molecular weight is 358 g/mol. The number of fused-ring (bicyclic) bond motifs is 2. The van der Waals surface area contributed by atoms with E-state index in [9.17, 15) is 4.79 Å². The Kier molecular flexibility index (Phi) is 5.00. The van der Waals surface area contributed by atoms with Crippen molar-refractivity contribution in [3.8, 4) is 5.75 Å². The molecule has 0 spiro atoms. The van der Waals surface area contributed by atoms with Crippen molar-refractivity contribution in [2.45, 2.75) is 53.0 Å². The van der Waals surface area contributed by atoms with E-state index in [4.69, 9.17) is 9.57 Å². The van der Waals surface area contributed by atoms with Crippen molar-refractivity contribution in [1.29, 1.82) is 0 Å². The minimum Gasteiger partial charge on any atom is -0.497 e. The maximum absolute atomic E-state index is 12.7. The van der Waals surface area contributed by atoms with Gasteiger partial charge in [0.05, 0.1) is 12.8 Å². The summed E-state index contributed by atoms with van der Waals surface area (Å²) in [5.74, 6) is 0.844. The minimum absolute atomic E-state index is 0.000499. The van der Waals surface area contributed by atoms with Crippen molar-refractivity contribution < 1.29 is 14.4 Å². The lowest BCUT2D eigenvalue weighted by Gasteiger charge is -2.39. The molecule has 2 atom stereocenters. The van der Waals surface area contributed by atoms with E-state index in [-0.39, 0.29) is 17.9 Å². The van der Waals surface area contributed by atoms with E-state index in [1.807, 2.05) is 36.1 Å². The molecule has 2 bridgehead atoms. The summed E-state index contributed by atoms with van der Waals surface area (Å²) in [4.78, 5) is 20.1. The van der Waals surface area contributed by atoms with Crippen LogP contribution in [0.2, 0.25) is 0 Å². The van der Waals surface area contributed by atoms with E-state index in [0.717, 1.165) is 36.4 Å². The largest absolute Gasteiger partial charge is 0.497 e. The highest BCUT2D eigenvalue weighted by Crippen LogP contribution is 2.52. The first-order chi connectivity index (χ1) is 12.2. The monoisotopic (exact) mass is 358 g/mol. The summed E-state index contributed by atoms with van der Waals surface area (Å²) < 4.78 is 5.15. The number of amides is 1. The molecular formula is C21H30N2O3. The van der Waals surface area contributed by atoms with E-state index in [1.54, 1.807) is 7.11 Å². The average Bonchev–Trinajstić information content (AvgIpc) is 2.83. The molecule has 1 heterocycles. The zero-order valence-electron chi connectivity index (χ0n) is 16.5. The highest BCUT2D eigenvalue weighted by atomic mass is 16.6. The lowest BCUT2D eigenvalue weighted by molar-refractivity contribution is -0.137. The fraction of sp³-hybridized carbons (Fsp3) is 0.619. The Bertz CT molecular complexity index is 696. The highest BCUT2D eigenvalue weighted by Gasteiger charge is 2.50. The number of benzene rings is 1. The zero-order valence-corrected chi connectivity index (χ0v) is 16.5. The number of rotatable bonds is 5. The van der Waals surface area contributed by atoms with Gasteiger partial charge >= 0.3 is 0 Å². The third-order valence-corrected chi connectivity index (χ3v) is 5.63. The highest BCUT2D eigenvalue weighted by molar-refractivity contribution is 5.98. The van der Waals surface area contributed by atoms with Crippen LogP contribution in [-0.2, 0) is 9.63 Å². The first kappa shape index (κ1) is 18.7. The molecule has 0 unspecified atom stereocenters. The molecule has 1 saturated heterocycles. The third kappa shape index (κ3) is 4.02. The molecule has 1 aromatic rings. The van der Waals surface area contributed by atoms with Crippen LogP contribution in [0, 0.1) is 10.8 Å². The third-order valence-electron chi connectivity index (χ3n) is 5.63. The van der Waals surface area contributed by atoms with E-state index >= 15 is 0 Å². The Morgan fingerprint density at radius 1 is 1.23 bits per heavy atom. The number of hydrogen-bond donors (Lipinski definition) is 0. The molecule has 1 aliphatic carbocycles. The molecule has 5 nitrogen and oxygen atoms in total. The smallest absolute Gasteiger partial charge is 0.263 e. The van der Waals surface area contributed by atoms with Crippen molar-refractivity contribution in [3.63, 3.8) is 0 Å². The molecule has 26 heavy (non-hydrogen) atoms. The first-order valence-electron chi connectivity index (χ1n) is 9.32. The maximum atomic E-state index is 12.7. The Morgan fingerprint density at radius 3 is 2.58 bits per heavy atom. The van der Waals surface area contributed by atoms with Crippen LogP contribution in [0.1, 0.15) is 52.5 Å². The van der Waals surface area contributed by atoms with Crippen molar-refractivity contribution in [1.82, 2.24) is 4.90 Å². The molecule has 3 rings (SSSR count). The van der Waals surface area contributed by atoms with E-state index < -0.39 is 0 Å². The van der Waals surface area contributed by atoms with Gasteiger partial charge < -0.3 is 14.5 Å². The molecule has 2 aliphatic rings. The van der Waals surface area contributed by atoms with Crippen LogP contribution in [0.4, 0.5) is 0 Å². The van der Waals surface area contributed by atoms with Gasteiger partial charge in [-0.25, -0.2) is 0 Å². The van der Waals surface area contributed by atoms with Gasteiger partial charge in [-0.1, -0.05) is 25.9 Å². The molecule has 0 N–H and O–H groups in total. The Labute approximate surface area is 156 Å². The summed E-state index contributed by atoms with van der Waals surface area (Å²) in [6, 6.07) is 7.95. The number of nitrogens with zero attached hydrogens (tertiary/aromatic N) is 2. The van der Waals surface area contributed by atoms with Gasteiger partial charge in [-0.3, -0.25) is 4.79 Å². The standard InChI is InChI=1S/C21H30N2O3/c1-15(16-6-8-18(25-5)9-7-16)22-26-12-19(24)23-14-21(4)11-17(23)10-20(2,3)13-21/h6-9,17H,10-14H2,1-5H3/b22-15-/t17-,21+/m0/s1. The van der Waals surface area contributed by atoms with Crippen LogP contribution in [0.25, 0.3) is 0 Å². The molecule has 1 saturated carbocycles. The van der Waals surface area contributed by atoms with Gasteiger partial charge in [-0.05, 0) is 66.8 Å². The Balaban J connectivity index is 1.57. The molecule has 0 aromatic heterocycles. The van der Waals surface area contributed by atoms with E-state index in [2.05, 4.69) is 25.9 Å². The SMILES string of the molecule is COc1ccc(/C(C)=N\OCC(=O)N2C[C@]3(C)C[C@@H]2CC(C)(C)C3)cc1. The second-order valence-corrected chi connectivity index (χ2v) is 8.91. The number of oxime groups is 1. The Hall–Kier alpha value is -2.04. The van der Waals surface area contributed by atoms with Crippen LogP contribution in [0.15, 0.2) is 29.4 Å². The summed E-state index contributed by atoms with van der Waals surface area (Å²) in [5, 5.41) is 4.12. The van der Waals surface area contributed by atoms with Crippen LogP contribution in [0.5, 0.6) is 5.75 Å². The summed E-state index contributed by atoms with van der Waals surface area (Å²) >= 11 is 0. The van der Waals surface area contributed by atoms with Gasteiger partial charge in [0.15, 0.2) is 6.61 Å². The Morgan fingerprint density at radius 2 is 1.92 bits per heavy atom. The van der Waals surface area contributed by atoms with Crippen LogP contribution < -0.4 is 4.74 Å². The van der Waals surface area contributed by atoms with Crippen molar-refractivity contribution in [2.75, 3.05) is 20.3 Å². The van der Waals surface area contributed by atoms with Crippen molar-refractivity contribution in [3.05, 3.63) is 29.8 Å². The van der Waals surface area contributed by atoms with Crippen LogP contribution in [0.3, 0.4) is 0 Å². The second kappa shape index (κ2) is 6.93. The van der Waals surface area contributed by atoms with Crippen molar-refractivity contribution >= 4 is 11.6 Å². The van der Waals surface area contributed by atoms with Crippen LogP contribution in [-0.4, -0.2) is 42.8 Å². The zero-order chi connectivity index (χ0) is 18.9. The molecule has 2 fully saturated rings. The molecular weight excluding hydrogens is 328 g/mol. The fourth-order valence-electron chi connectivity index (χ4n) is 4.90.